The highest BCUT2D eigenvalue weighted by molar-refractivity contribution is 6.03. The van der Waals surface area contributed by atoms with Gasteiger partial charge in [0, 0.05) is 17.1 Å². The summed E-state index contributed by atoms with van der Waals surface area (Å²) in [5.74, 6) is 0.372. The maximum absolute atomic E-state index is 12.0. The SMILES string of the molecule is Cc1noc(COC(=O)c2c[nH]c3ccccc23)n1. The first-order chi connectivity index (χ1) is 9.24. The van der Waals surface area contributed by atoms with Crippen molar-refractivity contribution in [1.29, 1.82) is 0 Å². The molecule has 2 aromatic heterocycles. The number of fused-ring (bicyclic) bond motifs is 1. The lowest BCUT2D eigenvalue weighted by molar-refractivity contribution is 0.0432. The molecule has 3 rings (SSSR count). The van der Waals surface area contributed by atoms with Crippen LogP contribution in [0.25, 0.3) is 10.9 Å². The fraction of sp³-hybridized carbons (Fsp3) is 0.154. The number of para-hydroxylation sites is 1. The van der Waals surface area contributed by atoms with Crippen molar-refractivity contribution in [3.8, 4) is 0 Å². The van der Waals surface area contributed by atoms with Crippen molar-refractivity contribution in [3.05, 3.63) is 47.7 Å². The summed E-state index contributed by atoms with van der Waals surface area (Å²) in [6.45, 7) is 1.67. The van der Waals surface area contributed by atoms with Gasteiger partial charge >= 0.3 is 5.97 Å². The Morgan fingerprint density at radius 2 is 2.26 bits per heavy atom. The first kappa shape index (κ1) is 11.5. The molecule has 3 aromatic rings. The maximum atomic E-state index is 12.0. The third-order valence-corrected chi connectivity index (χ3v) is 2.71. The zero-order valence-electron chi connectivity index (χ0n) is 10.2. The lowest BCUT2D eigenvalue weighted by Crippen LogP contribution is -2.04. The van der Waals surface area contributed by atoms with Crippen LogP contribution in [0, 0.1) is 6.92 Å². The molecule has 96 valence electrons. The zero-order valence-corrected chi connectivity index (χ0v) is 10.2. The normalized spacial score (nSPS) is 10.8. The molecule has 0 saturated carbocycles. The Morgan fingerprint density at radius 1 is 1.42 bits per heavy atom. The average Bonchev–Trinajstić information content (AvgIpc) is 3.02. The molecular weight excluding hydrogens is 246 g/mol. The summed E-state index contributed by atoms with van der Waals surface area (Å²) in [7, 11) is 0. The van der Waals surface area contributed by atoms with Crippen LogP contribution in [-0.4, -0.2) is 21.1 Å². The Hall–Kier alpha value is -2.63. The summed E-state index contributed by atoms with van der Waals surface area (Å²) < 4.78 is 10.0. The van der Waals surface area contributed by atoms with E-state index in [1.807, 2.05) is 24.3 Å². The number of rotatable bonds is 3. The van der Waals surface area contributed by atoms with E-state index in [9.17, 15) is 4.79 Å². The molecule has 0 saturated heterocycles. The molecule has 1 aromatic carbocycles. The molecule has 0 aliphatic rings. The van der Waals surface area contributed by atoms with Crippen LogP contribution in [-0.2, 0) is 11.3 Å². The molecule has 0 aliphatic carbocycles. The fourth-order valence-corrected chi connectivity index (χ4v) is 1.84. The molecule has 0 aliphatic heterocycles. The number of H-pyrrole nitrogens is 1. The van der Waals surface area contributed by atoms with Crippen molar-refractivity contribution in [1.82, 2.24) is 15.1 Å². The minimum absolute atomic E-state index is 0.0286. The molecule has 0 spiro atoms. The lowest BCUT2D eigenvalue weighted by atomic mass is 10.2. The molecule has 2 heterocycles. The molecule has 0 amide bonds. The van der Waals surface area contributed by atoms with E-state index in [1.54, 1.807) is 13.1 Å². The molecular formula is C13H11N3O3. The molecule has 1 N–H and O–H groups in total. The van der Waals surface area contributed by atoms with Crippen LogP contribution in [0.3, 0.4) is 0 Å². The third-order valence-electron chi connectivity index (χ3n) is 2.71. The van der Waals surface area contributed by atoms with Gasteiger partial charge in [-0.15, -0.1) is 0 Å². The highest BCUT2D eigenvalue weighted by atomic mass is 16.6. The van der Waals surface area contributed by atoms with Crippen molar-refractivity contribution in [2.45, 2.75) is 13.5 Å². The van der Waals surface area contributed by atoms with Gasteiger partial charge in [-0.2, -0.15) is 4.98 Å². The first-order valence-electron chi connectivity index (χ1n) is 5.76. The zero-order chi connectivity index (χ0) is 13.2. The monoisotopic (exact) mass is 257 g/mol. The van der Waals surface area contributed by atoms with Crippen LogP contribution in [0.2, 0.25) is 0 Å². The van der Waals surface area contributed by atoms with Gasteiger partial charge in [-0.1, -0.05) is 23.4 Å². The molecule has 6 nitrogen and oxygen atoms in total. The summed E-state index contributed by atoms with van der Waals surface area (Å²) in [4.78, 5) is 19.0. The number of nitrogens with one attached hydrogen (secondary N) is 1. The molecule has 0 radical (unpaired) electrons. The van der Waals surface area contributed by atoms with E-state index < -0.39 is 5.97 Å². The van der Waals surface area contributed by atoms with Gasteiger partial charge in [0.05, 0.1) is 5.56 Å². The van der Waals surface area contributed by atoms with Crippen LogP contribution in [0.5, 0.6) is 0 Å². The van der Waals surface area contributed by atoms with Crippen LogP contribution in [0.1, 0.15) is 22.1 Å². The minimum Gasteiger partial charge on any atom is -0.452 e. The quantitative estimate of drug-likeness (QED) is 0.727. The van der Waals surface area contributed by atoms with Crippen molar-refractivity contribution < 1.29 is 14.1 Å². The standard InChI is InChI=1S/C13H11N3O3/c1-8-15-12(19-16-8)7-18-13(17)10-6-14-11-5-3-2-4-9(10)11/h2-6,14H,7H2,1H3. The molecule has 6 heteroatoms. The summed E-state index contributed by atoms with van der Waals surface area (Å²) in [5, 5.41) is 4.45. The Labute approximate surface area is 108 Å². The number of esters is 1. The number of benzene rings is 1. The fourth-order valence-electron chi connectivity index (χ4n) is 1.84. The van der Waals surface area contributed by atoms with Gasteiger partial charge in [0.1, 0.15) is 0 Å². The average molecular weight is 257 g/mol. The topological polar surface area (TPSA) is 81.0 Å². The molecule has 19 heavy (non-hydrogen) atoms. The molecule has 0 atom stereocenters. The highest BCUT2D eigenvalue weighted by Gasteiger charge is 2.14. The van der Waals surface area contributed by atoms with E-state index in [4.69, 9.17) is 9.26 Å². The Balaban J connectivity index is 1.77. The number of nitrogens with zero attached hydrogens (tertiary/aromatic N) is 2. The third kappa shape index (κ3) is 2.20. The van der Waals surface area contributed by atoms with Crippen LogP contribution >= 0.6 is 0 Å². The summed E-state index contributed by atoms with van der Waals surface area (Å²) in [6.07, 6.45) is 1.63. The van der Waals surface area contributed by atoms with Gasteiger partial charge in [-0.25, -0.2) is 4.79 Å². The molecule has 0 unspecified atom stereocenters. The van der Waals surface area contributed by atoms with E-state index in [2.05, 4.69) is 15.1 Å². The Kier molecular flexibility index (Phi) is 2.75. The summed E-state index contributed by atoms with van der Waals surface area (Å²) in [5.41, 5.74) is 1.38. The van der Waals surface area contributed by atoms with Gasteiger partial charge in [0.2, 0.25) is 0 Å². The van der Waals surface area contributed by atoms with E-state index in [-0.39, 0.29) is 12.5 Å². The summed E-state index contributed by atoms with van der Waals surface area (Å²) in [6, 6.07) is 7.52. The minimum atomic E-state index is -0.423. The second-order valence-electron chi connectivity index (χ2n) is 4.06. The van der Waals surface area contributed by atoms with Crippen LogP contribution < -0.4 is 0 Å². The number of aryl methyl sites for hydroxylation is 1. The van der Waals surface area contributed by atoms with Crippen molar-refractivity contribution in [2.75, 3.05) is 0 Å². The van der Waals surface area contributed by atoms with Gasteiger partial charge in [-0.05, 0) is 13.0 Å². The second kappa shape index (κ2) is 4.56. The number of carbonyl (C=O) groups is 1. The van der Waals surface area contributed by atoms with Gasteiger partial charge in [-0.3, -0.25) is 0 Å². The number of hydrogen-bond donors (Lipinski definition) is 1. The van der Waals surface area contributed by atoms with Crippen LogP contribution in [0.4, 0.5) is 0 Å². The number of ether oxygens (including phenoxy) is 1. The largest absolute Gasteiger partial charge is 0.452 e. The number of aromatic nitrogens is 3. The van der Waals surface area contributed by atoms with Crippen LogP contribution in [0.15, 0.2) is 35.0 Å². The summed E-state index contributed by atoms with van der Waals surface area (Å²) >= 11 is 0. The molecule has 0 fully saturated rings. The predicted octanol–water partition coefficient (Wildman–Crippen LogP) is 2.22. The van der Waals surface area contributed by atoms with E-state index in [0.29, 0.717) is 11.4 Å². The predicted molar refractivity (Wildman–Crippen MR) is 66.5 cm³/mol. The van der Waals surface area contributed by atoms with E-state index in [1.165, 1.54) is 0 Å². The van der Waals surface area contributed by atoms with Crippen molar-refractivity contribution >= 4 is 16.9 Å². The molecule has 0 bridgehead atoms. The van der Waals surface area contributed by atoms with Gasteiger partial charge in [0.25, 0.3) is 5.89 Å². The number of aromatic amines is 1. The Bertz CT molecular complexity index is 729. The van der Waals surface area contributed by atoms with E-state index >= 15 is 0 Å². The smallest absolute Gasteiger partial charge is 0.340 e. The van der Waals surface area contributed by atoms with Crippen molar-refractivity contribution in [3.63, 3.8) is 0 Å². The first-order valence-corrected chi connectivity index (χ1v) is 5.76. The lowest BCUT2D eigenvalue weighted by Gasteiger charge is -2.00. The maximum Gasteiger partial charge on any atom is 0.340 e. The Morgan fingerprint density at radius 3 is 3.05 bits per heavy atom. The highest BCUT2D eigenvalue weighted by Crippen LogP contribution is 2.18. The number of carbonyl (C=O) groups excluding carboxylic acids is 1. The van der Waals surface area contributed by atoms with Crippen molar-refractivity contribution in [2.24, 2.45) is 0 Å². The van der Waals surface area contributed by atoms with Gasteiger partial charge in [0.15, 0.2) is 12.4 Å². The second-order valence-corrected chi connectivity index (χ2v) is 4.06. The number of hydrogen-bond acceptors (Lipinski definition) is 5. The van der Waals surface area contributed by atoms with E-state index in [0.717, 1.165) is 10.9 Å². The van der Waals surface area contributed by atoms with Gasteiger partial charge < -0.3 is 14.2 Å².